The fourth-order valence-electron chi connectivity index (χ4n) is 5.83. The molecule has 7 N–H and O–H groups in total. The van der Waals surface area contributed by atoms with Crippen LogP contribution in [0.2, 0.25) is 0 Å². The number of fused-ring (bicyclic) bond motifs is 2. The van der Waals surface area contributed by atoms with Gasteiger partial charge in [-0.3, -0.25) is 10.2 Å². The number of nitrogen functional groups attached to an aromatic ring is 2. The maximum Gasteiger partial charge on any atom is 0.292 e. The van der Waals surface area contributed by atoms with Gasteiger partial charge in [-0.05, 0) is 48.4 Å². The van der Waals surface area contributed by atoms with Crippen molar-refractivity contribution in [2.45, 2.75) is 25.9 Å². The Kier molecular flexibility index (Phi) is 17.0. The summed E-state index contributed by atoms with van der Waals surface area (Å²) in [6, 6.07) is 11.5. The molecule has 0 aliphatic carbocycles. The Balaban J connectivity index is 0.925. The third-order valence-electron chi connectivity index (χ3n) is 8.73. The Morgan fingerprint density at radius 2 is 1.49 bits per heavy atom. The van der Waals surface area contributed by atoms with Crippen molar-refractivity contribution in [2.75, 3.05) is 116 Å². The Morgan fingerprint density at radius 3 is 2.16 bits per heavy atom. The van der Waals surface area contributed by atoms with Gasteiger partial charge in [-0.2, -0.15) is 4.98 Å². The quantitative estimate of drug-likeness (QED) is 0.0457. The van der Waals surface area contributed by atoms with E-state index in [0.717, 1.165) is 24.1 Å². The Bertz CT molecular complexity index is 1810. The first-order valence-electron chi connectivity index (χ1n) is 18.5. The van der Waals surface area contributed by atoms with Crippen molar-refractivity contribution in [3.8, 4) is 0 Å². The lowest BCUT2D eigenvalue weighted by atomic mass is 9.97. The second kappa shape index (κ2) is 22.6. The lowest BCUT2D eigenvalue weighted by Gasteiger charge is -2.29. The highest BCUT2D eigenvalue weighted by Crippen LogP contribution is 2.26. The van der Waals surface area contributed by atoms with Crippen molar-refractivity contribution in [3.05, 3.63) is 70.5 Å². The summed E-state index contributed by atoms with van der Waals surface area (Å²) in [5.41, 5.74) is 17.5. The number of nitrogens with zero attached hydrogens (tertiary/aromatic N) is 4. The summed E-state index contributed by atoms with van der Waals surface area (Å²) in [6.07, 6.45) is 2.44. The fraction of sp³-hybridized carbons (Fsp3) is 0.500. The number of hydrogen-bond donors (Lipinski definition) is 5. The number of rotatable bonds is 26. The van der Waals surface area contributed by atoms with Crippen molar-refractivity contribution >= 4 is 40.4 Å². The molecule has 0 bridgehead atoms. The molecule has 4 aromatic rings. The van der Waals surface area contributed by atoms with Gasteiger partial charge in [0.2, 0.25) is 5.91 Å². The zero-order valence-corrected chi connectivity index (χ0v) is 31.5. The first-order valence-corrected chi connectivity index (χ1v) is 18.5. The highest BCUT2D eigenvalue weighted by atomic mass is 16.6. The topological polar surface area (TPSA) is 227 Å². The van der Waals surface area contributed by atoms with Crippen molar-refractivity contribution in [3.63, 3.8) is 0 Å². The van der Waals surface area contributed by atoms with Crippen LogP contribution < -0.4 is 22.1 Å². The highest BCUT2D eigenvalue weighted by molar-refractivity contribution is 6.17. The van der Waals surface area contributed by atoms with Crippen molar-refractivity contribution in [2.24, 2.45) is 0 Å². The average molecular weight is 764 g/mol. The minimum absolute atomic E-state index is 0.0595. The van der Waals surface area contributed by atoms with Crippen molar-refractivity contribution < 1.29 is 37.6 Å². The summed E-state index contributed by atoms with van der Waals surface area (Å²) in [4.78, 5) is 27.5. The number of anilines is 3. The van der Waals surface area contributed by atoms with Crippen LogP contribution >= 0.6 is 0 Å². The molecule has 0 atom stereocenters. The number of aromatic nitrogens is 3. The molecule has 17 nitrogen and oxygen atoms in total. The van der Waals surface area contributed by atoms with E-state index >= 15 is 0 Å². The smallest absolute Gasteiger partial charge is 0.292 e. The van der Waals surface area contributed by atoms with E-state index in [1.165, 1.54) is 11.9 Å². The van der Waals surface area contributed by atoms with Gasteiger partial charge in [-0.25, -0.2) is 9.97 Å². The zero-order chi connectivity index (χ0) is 38.7. The van der Waals surface area contributed by atoms with Gasteiger partial charge in [0.25, 0.3) is 6.01 Å². The third kappa shape index (κ3) is 13.2. The van der Waals surface area contributed by atoms with Gasteiger partial charge in [0.1, 0.15) is 23.5 Å². The van der Waals surface area contributed by atoms with Crippen LogP contribution in [0, 0.1) is 5.41 Å². The van der Waals surface area contributed by atoms with Crippen LogP contribution in [-0.4, -0.2) is 131 Å². The molecule has 2 aromatic carbocycles. The first kappa shape index (κ1) is 41.4. The lowest BCUT2D eigenvalue weighted by molar-refractivity contribution is -0.133. The lowest BCUT2D eigenvalue weighted by Crippen LogP contribution is -2.36. The van der Waals surface area contributed by atoms with E-state index in [2.05, 4.69) is 37.7 Å². The first-order chi connectivity index (χ1) is 26.9. The van der Waals surface area contributed by atoms with Crippen LogP contribution in [0.1, 0.15) is 34.2 Å². The highest BCUT2D eigenvalue weighted by Gasteiger charge is 2.21. The summed E-state index contributed by atoms with van der Waals surface area (Å²) in [6.45, 7) is 8.45. The Hall–Kier alpha value is -4.75. The van der Waals surface area contributed by atoms with Gasteiger partial charge in [0, 0.05) is 31.7 Å². The fourth-order valence-corrected chi connectivity index (χ4v) is 5.83. The largest absolute Gasteiger partial charge is 0.424 e. The normalized spacial score (nSPS) is 12.6. The van der Waals surface area contributed by atoms with Crippen molar-refractivity contribution in [1.82, 2.24) is 25.2 Å². The SMILES string of the molecule is CNCCOCCOCCOCCOCCOCCOCCC(=O)N1CCc2cc(CNc3ncnc(N)c3C(=N)c3ccc4oc(N)nc4c3)ccc2C1. The molecule has 0 radical (unpaired) electrons. The van der Waals surface area contributed by atoms with E-state index in [-0.39, 0.29) is 23.5 Å². The maximum absolute atomic E-state index is 12.9. The standard InChI is InChI=1S/C38H53N9O8/c1-42-8-11-50-13-15-52-17-19-54-21-20-53-18-16-51-14-12-49-10-7-33(48)47-9-6-28-22-27(2-3-30(28)25-47)24-43-37-34(36(40)44-26-45-37)35(39)29-4-5-32-31(23-29)46-38(41)55-32/h2-5,22-23,26,39,42H,6-21,24-25H2,1H3,(H2,41,46)(H3,40,43,44,45). The molecule has 0 saturated heterocycles. The molecule has 5 rings (SSSR count). The second-order valence-electron chi connectivity index (χ2n) is 12.6. The number of benzene rings is 2. The number of likely N-dealkylation sites (N-methyl/N-ethyl adjacent to an activating group) is 1. The van der Waals surface area contributed by atoms with E-state index in [1.807, 2.05) is 18.0 Å². The summed E-state index contributed by atoms with van der Waals surface area (Å²) < 4.78 is 38.4. The van der Waals surface area contributed by atoms with Gasteiger partial charge in [-0.1, -0.05) is 18.2 Å². The minimum Gasteiger partial charge on any atom is -0.424 e. The average Bonchev–Trinajstić information content (AvgIpc) is 3.58. The molecule has 298 valence electrons. The predicted molar refractivity (Wildman–Crippen MR) is 207 cm³/mol. The zero-order valence-electron chi connectivity index (χ0n) is 31.5. The number of amides is 1. The Labute approximate surface area is 320 Å². The number of ether oxygens (including phenoxy) is 6. The molecular weight excluding hydrogens is 710 g/mol. The van der Waals surface area contributed by atoms with Crippen LogP contribution in [0.4, 0.5) is 17.7 Å². The molecule has 1 aliphatic heterocycles. The molecule has 0 saturated carbocycles. The maximum atomic E-state index is 12.9. The molecule has 55 heavy (non-hydrogen) atoms. The summed E-state index contributed by atoms with van der Waals surface area (Å²) >= 11 is 0. The summed E-state index contributed by atoms with van der Waals surface area (Å²) in [5.74, 6) is 0.700. The number of hydrogen-bond acceptors (Lipinski definition) is 16. The predicted octanol–water partition coefficient (Wildman–Crippen LogP) is 2.40. The molecule has 0 spiro atoms. The van der Waals surface area contributed by atoms with Gasteiger partial charge in [-0.15, -0.1) is 0 Å². The Morgan fingerprint density at radius 1 is 0.836 bits per heavy atom. The van der Waals surface area contributed by atoms with Gasteiger partial charge in [0.05, 0.1) is 97.0 Å². The molecule has 0 unspecified atom stereocenters. The van der Waals surface area contributed by atoms with Crippen LogP contribution in [-0.2, 0) is 52.7 Å². The second-order valence-corrected chi connectivity index (χ2v) is 12.6. The molecule has 0 fully saturated rings. The van der Waals surface area contributed by atoms with Gasteiger partial charge >= 0.3 is 0 Å². The summed E-state index contributed by atoms with van der Waals surface area (Å²) in [5, 5.41) is 15.2. The van der Waals surface area contributed by atoms with E-state index in [4.69, 9.17) is 49.7 Å². The molecule has 3 heterocycles. The molecule has 1 amide bonds. The summed E-state index contributed by atoms with van der Waals surface area (Å²) in [7, 11) is 1.89. The van der Waals surface area contributed by atoms with Crippen molar-refractivity contribution in [1.29, 1.82) is 5.41 Å². The van der Waals surface area contributed by atoms with E-state index in [0.29, 0.717) is 133 Å². The van der Waals surface area contributed by atoms with Crippen LogP contribution in [0.5, 0.6) is 0 Å². The van der Waals surface area contributed by atoms with E-state index in [9.17, 15) is 4.79 Å². The third-order valence-corrected chi connectivity index (χ3v) is 8.73. The monoisotopic (exact) mass is 763 g/mol. The van der Waals surface area contributed by atoms with E-state index in [1.54, 1.807) is 18.2 Å². The molecule has 17 heteroatoms. The number of carbonyl (C=O) groups is 1. The van der Waals surface area contributed by atoms with Gasteiger partial charge < -0.3 is 59.8 Å². The minimum atomic E-state index is 0.0595. The molecular formula is C38H53N9O8. The number of oxazole rings is 1. The van der Waals surface area contributed by atoms with Crippen LogP contribution in [0.25, 0.3) is 11.1 Å². The number of carbonyl (C=O) groups excluding carboxylic acids is 1. The molecule has 2 aromatic heterocycles. The number of nitrogens with two attached hydrogens (primary N) is 2. The number of nitrogens with one attached hydrogen (secondary N) is 3. The van der Waals surface area contributed by atoms with Gasteiger partial charge in [0.15, 0.2) is 5.58 Å². The van der Waals surface area contributed by atoms with Crippen LogP contribution in [0.3, 0.4) is 0 Å². The van der Waals surface area contributed by atoms with E-state index < -0.39 is 0 Å². The molecule has 1 aliphatic rings. The van der Waals surface area contributed by atoms with Crippen LogP contribution in [0.15, 0.2) is 47.1 Å².